The molecule has 0 aliphatic carbocycles. The Morgan fingerprint density at radius 1 is 1.41 bits per heavy atom. The third kappa shape index (κ3) is 4.06. The highest BCUT2D eigenvalue weighted by Crippen LogP contribution is 2.17. The number of halogens is 1. The predicted molar refractivity (Wildman–Crippen MR) is 69.1 cm³/mol. The van der Waals surface area contributed by atoms with Gasteiger partial charge in [0.25, 0.3) is 0 Å². The molecule has 0 saturated heterocycles. The second-order valence-electron chi connectivity index (χ2n) is 3.41. The van der Waals surface area contributed by atoms with Crippen LogP contribution in [0.3, 0.4) is 0 Å². The van der Waals surface area contributed by atoms with E-state index in [0.29, 0.717) is 22.6 Å². The molecule has 0 aliphatic heterocycles. The molecule has 1 rings (SSSR count). The van der Waals surface area contributed by atoms with Crippen LogP contribution in [0.15, 0.2) is 23.1 Å². The summed E-state index contributed by atoms with van der Waals surface area (Å²) in [5, 5.41) is 0. The minimum absolute atomic E-state index is 0.0646. The first-order valence-corrected chi connectivity index (χ1v) is 6.13. The Labute approximate surface area is 111 Å². The number of hydrogen-bond donors (Lipinski definition) is 1. The largest absolute Gasteiger partial charge is 0.462 e. The van der Waals surface area contributed by atoms with Crippen molar-refractivity contribution in [2.24, 2.45) is 0 Å². The van der Waals surface area contributed by atoms with Crippen molar-refractivity contribution in [1.82, 2.24) is 0 Å². The van der Waals surface area contributed by atoms with Gasteiger partial charge in [0.1, 0.15) is 0 Å². The zero-order valence-electron chi connectivity index (χ0n) is 9.40. The standard InChI is InChI=1S/C12H13ClO3S/c1-2-16-12(15)11-6-10(17)4-3-8(11)5-9(14)7-13/h3-4,6,17H,2,5,7H2,1H3. The number of rotatable bonds is 5. The summed E-state index contributed by atoms with van der Waals surface area (Å²) in [6.07, 6.45) is 0.131. The van der Waals surface area contributed by atoms with Crippen LogP contribution in [0.25, 0.3) is 0 Å². The highest BCUT2D eigenvalue weighted by molar-refractivity contribution is 7.80. The Kier molecular flexibility index (Phi) is 5.51. The number of carbonyl (C=O) groups is 2. The molecule has 0 amide bonds. The van der Waals surface area contributed by atoms with Crippen molar-refractivity contribution in [2.75, 3.05) is 12.5 Å². The smallest absolute Gasteiger partial charge is 0.338 e. The summed E-state index contributed by atoms with van der Waals surface area (Å²) in [6.45, 7) is 2.02. The highest BCUT2D eigenvalue weighted by Gasteiger charge is 2.14. The van der Waals surface area contributed by atoms with Gasteiger partial charge in [-0.15, -0.1) is 24.2 Å². The molecular weight excluding hydrogens is 260 g/mol. The molecule has 0 aliphatic rings. The van der Waals surface area contributed by atoms with Gasteiger partial charge in [0.15, 0.2) is 5.78 Å². The van der Waals surface area contributed by atoms with Crippen molar-refractivity contribution in [2.45, 2.75) is 18.2 Å². The van der Waals surface area contributed by atoms with E-state index >= 15 is 0 Å². The number of hydrogen-bond acceptors (Lipinski definition) is 4. The Balaban J connectivity index is 3.03. The predicted octanol–water partition coefficient (Wildman–Crippen LogP) is 2.50. The molecule has 0 N–H and O–H groups in total. The summed E-state index contributed by atoms with van der Waals surface area (Å²) in [5.74, 6) is -0.643. The third-order valence-corrected chi connectivity index (χ3v) is 2.70. The second kappa shape index (κ2) is 6.67. The summed E-state index contributed by atoms with van der Waals surface area (Å²) < 4.78 is 4.92. The van der Waals surface area contributed by atoms with Crippen LogP contribution in [0.2, 0.25) is 0 Å². The Hall–Kier alpha value is -1.00. The van der Waals surface area contributed by atoms with Crippen LogP contribution >= 0.6 is 24.2 Å². The Morgan fingerprint density at radius 2 is 2.12 bits per heavy atom. The van der Waals surface area contributed by atoms with Crippen LogP contribution in [0.1, 0.15) is 22.8 Å². The second-order valence-corrected chi connectivity index (χ2v) is 4.19. The molecule has 0 unspecified atom stereocenters. The number of carbonyl (C=O) groups excluding carboxylic acids is 2. The molecule has 0 bridgehead atoms. The summed E-state index contributed by atoms with van der Waals surface area (Å²) in [7, 11) is 0. The van der Waals surface area contributed by atoms with Crippen molar-refractivity contribution < 1.29 is 14.3 Å². The zero-order valence-corrected chi connectivity index (χ0v) is 11.1. The summed E-state index contributed by atoms with van der Waals surface area (Å²) in [6, 6.07) is 5.01. The van der Waals surface area contributed by atoms with Crippen LogP contribution in [-0.2, 0) is 16.0 Å². The van der Waals surface area contributed by atoms with Crippen molar-refractivity contribution >= 4 is 36.0 Å². The number of esters is 1. The van der Waals surface area contributed by atoms with E-state index in [2.05, 4.69) is 12.6 Å². The van der Waals surface area contributed by atoms with Crippen molar-refractivity contribution in [3.05, 3.63) is 29.3 Å². The topological polar surface area (TPSA) is 43.4 Å². The van der Waals surface area contributed by atoms with Crippen LogP contribution in [0.4, 0.5) is 0 Å². The third-order valence-electron chi connectivity index (χ3n) is 2.13. The minimum atomic E-state index is -0.444. The Bertz CT molecular complexity index is 432. The fourth-order valence-electron chi connectivity index (χ4n) is 1.38. The van der Waals surface area contributed by atoms with E-state index < -0.39 is 5.97 Å². The van der Waals surface area contributed by atoms with Crippen molar-refractivity contribution in [3.63, 3.8) is 0 Å². The molecule has 92 valence electrons. The number of thiol groups is 1. The van der Waals surface area contributed by atoms with Crippen molar-refractivity contribution in [1.29, 1.82) is 0 Å². The monoisotopic (exact) mass is 272 g/mol. The van der Waals surface area contributed by atoms with Crippen LogP contribution in [0.5, 0.6) is 0 Å². The van der Waals surface area contributed by atoms with Gasteiger partial charge < -0.3 is 4.74 Å². The molecular formula is C12H13ClO3S. The highest BCUT2D eigenvalue weighted by atomic mass is 35.5. The molecule has 1 aromatic carbocycles. The normalized spacial score (nSPS) is 10.1. The van der Waals surface area contributed by atoms with E-state index in [1.54, 1.807) is 25.1 Å². The maximum absolute atomic E-state index is 11.7. The van der Waals surface area contributed by atoms with E-state index in [9.17, 15) is 9.59 Å². The lowest BCUT2D eigenvalue weighted by Gasteiger charge is -2.08. The molecule has 3 nitrogen and oxygen atoms in total. The van der Waals surface area contributed by atoms with Crippen LogP contribution in [-0.4, -0.2) is 24.2 Å². The van der Waals surface area contributed by atoms with E-state index in [1.165, 1.54) is 0 Å². The van der Waals surface area contributed by atoms with E-state index in [-0.39, 0.29) is 18.1 Å². The first-order chi connectivity index (χ1) is 8.08. The Morgan fingerprint density at radius 3 is 2.71 bits per heavy atom. The molecule has 5 heteroatoms. The lowest BCUT2D eigenvalue weighted by atomic mass is 10.0. The van der Waals surface area contributed by atoms with Gasteiger partial charge in [0.2, 0.25) is 0 Å². The van der Waals surface area contributed by atoms with E-state index in [0.717, 1.165) is 0 Å². The number of benzene rings is 1. The van der Waals surface area contributed by atoms with E-state index in [4.69, 9.17) is 16.3 Å². The fraction of sp³-hybridized carbons (Fsp3) is 0.333. The first kappa shape index (κ1) is 14.1. The quantitative estimate of drug-likeness (QED) is 0.509. The lowest BCUT2D eigenvalue weighted by Crippen LogP contribution is -2.12. The maximum atomic E-state index is 11.7. The molecule has 0 heterocycles. The molecule has 0 atom stereocenters. The number of ether oxygens (including phenoxy) is 1. The lowest BCUT2D eigenvalue weighted by molar-refractivity contribution is -0.116. The maximum Gasteiger partial charge on any atom is 0.338 e. The number of alkyl halides is 1. The van der Waals surface area contributed by atoms with E-state index in [1.807, 2.05) is 0 Å². The molecule has 0 radical (unpaired) electrons. The zero-order chi connectivity index (χ0) is 12.8. The van der Waals surface area contributed by atoms with Crippen LogP contribution in [0, 0.1) is 0 Å². The van der Waals surface area contributed by atoms with Crippen LogP contribution < -0.4 is 0 Å². The van der Waals surface area contributed by atoms with Gasteiger partial charge in [-0.05, 0) is 24.6 Å². The molecule has 0 spiro atoms. The van der Waals surface area contributed by atoms with Gasteiger partial charge in [0.05, 0.1) is 18.1 Å². The molecule has 1 aromatic rings. The van der Waals surface area contributed by atoms with Crippen molar-refractivity contribution in [3.8, 4) is 0 Å². The van der Waals surface area contributed by atoms with Gasteiger partial charge in [-0.25, -0.2) is 4.79 Å². The van der Waals surface area contributed by atoms with Gasteiger partial charge in [-0.2, -0.15) is 0 Å². The SMILES string of the molecule is CCOC(=O)c1cc(S)ccc1CC(=O)CCl. The molecule has 0 saturated carbocycles. The molecule has 0 aromatic heterocycles. The van der Waals surface area contributed by atoms with Gasteiger partial charge in [0, 0.05) is 11.3 Å². The summed E-state index contributed by atoms with van der Waals surface area (Å²) >= 11 is 9.60. The number of ketones is 1. The van der Waals surface area contributed by atoms with Gasteiger partial charge in [-0.3, -0.25) is 4.79 Å². The number of Topliss-reactive ketones (excluding diaryl/α,β-unsaturated/α-hetero) is 1. The summed E-state index contributed by atoms with van der Waals surface area (Å²) in [5.41, 5.74) is 0.990. The first-order valence-electron chi connectivity index (χ1n) is 5.15. The summed E-state index contributed by atoms with van der Waals surface area (Å²) in [4.78, 5) is 23.6. The molecule has 17 heavy (non-hydrogen) atoms. The van der Waals surface area contributed by atoms with Gasteiger partial charge >= 0.3 is 5.97 Å². The average Bonchev–Trinajstić information content (AvgIpc) is 2.31. The average molecular weight is 273 g/mol. The molecule has 0 fully saturated rings. The fourth-order valence-corrected chi connectivity index (χ4v) is 1.68. The van der Waals surface area contributed by atoms with Gasteiger partial charge in [-0.1, -0.05) is 6.07 Å². The minimum Gasteiger partial charge on any atom is -0.462 e.